The number of nitrogens with one attached hydrogen (secondary N) is 1. The highest BCUT2D eigenvalue weighted by molar-refractivity contribution is 6.28. The molecule has 3 heterocycles. The van der Waals surface area contributed by atoms with E-state index < -0.39 is 66.4 Å². The van der Waals surface area contributed by atoms with Gasteiger partial charge in [0.25, 0.3) is 0 Å². The van der Waals surface area contributed by atoms with Gasteiger partial charge in [-0.3, -0.25) is 9.88 Å². The van der Waals surface area contributed by atoms with E-state index in [1.54, 1.807) is 62.3 Å². The average Bonchev–Trinajstić information content (AvgIpc) is 3.31. The number of rotatable bonds is 5. The third-order valence-electron chi connectivity index (χ3n) is 5.00. The number of ether oxygens (including phenoxy) is 6. The van der Waals surface area contributed by atoms with E-state index in [0.717, 1.165) is 0 Å². The van der Waals surface area contributed by atoms with Crippen LogP contribution in [0.3, 0.4) is 0 Å². The molecule has 0 bridgehead atoms. The lowest BCUT2D eigenvalue weighted by Crippen LogP contribution is -2.42. The number of nitrogens with zero attached hydrogens (tertiary/aromatic N) is 4. The molecule has 0 aromatic carbocycles. The van der Waals surface area contributed by atoms with Gasteiger partial charge < -0.3 is 33.5 Å². The van der Waals surface area contributed by atoms with Crippen LogP contribution in [-0.4, -0.2) is 84.8 Å². The number of hydrogen-bond acceptors (Lipinski definition) is 13. The molecule has 4 atom stereocenters. The van der Waals surface area contributed by atoms with E-state index in [4.69, 9.17) is 40.0 Å². The smallest absolute Gasteiger partial charge is 0.444 e. The van der Waals surface area contributed by atoms with Gasteiger partial charge in [0.15, 0.2) is 35.4 Å². The van der Waals surface area contributed by atoms with Crippen LogP contribution < -0.4 is 5.32 Å². The number of carbonyl (C=O) groups excluding carboxylic acids is 3. The molecule has 1 fully saturated rings. The Bertz CT molecular complexity index is 1280. The van der Waals surface area contributed by atoms with Crippen LogP contribution in [0.4, 0.5) is 20.2 Å². The SMILES string of the molecule is CC(C)(C)OC(=O)Nc1nc(Cl)nc2c1ncn2[C@@H]1O[C@H](CO)[C@@H](OC(=O)OC(C)(C)C)[C@H]1OC(=O)OC(C)(C)C. The van der Waals surface area contributed by atoms with Crippen LogP contribution in [0.25, 0.3) is 11.2 Å². The van der Waals surface area contributed by atoms with E-state index in [-0.39, 0.29) is 22.3 Å². The van der Waals surface area contributed by atoms with Crippen molar-refractivity contribution in [3.63, 3.8) is 0 Å². The molecule has 0 aliphatic carbocycles. The van der Waals surface area contributed by atoms with Crippen molar-refractivity contribution in [2.75, 3.05) is 11.9 Å². The highest BCUT2D eigenvalue weighted by atomic mass is 35.5. The molecule has 1 amide bonds. The largest absolute Gasteiger partial charge is 0.509 e. The minimum atomic E-state index is -1.37. The van der Waals surface area contributed by atoms with Gasteiger partial charge in [-0.1, -0.05) is 0 Å². The zero-order valence-corrected chi connectivity index (χ0v) is 25.1. The first-order chi connectivity index (χ1) is 18.8. The molecule has 0 saturated carbocycles. The van der Waals surface area contributed by atoms with Crippen molar-refractivity contribution in [1.29, 1.82) is 0 Å². The average molecular weight is 602 g/mol. The number of amides is 1. The van der Waals surface area contributed by atoms with E-state index in [1.807, 2.05) is 0 Å². The predicted molar refractivity (Wildman–Crippen MR) is 143 cm³/mol. The highest BCUT2D eigenvalue weighted by Crippen LogP contribution is 2.37. The van der Waals surface area contributed by atoms with Crippen molar-refractivity contribution >= 4 is 47.0 Å². The molecule has 3 rings (SSSR count). The van der Waals surface area contributed by atoms with Crippen molar-refractivity contribution in [2.45, 2.75) is 104 Å². The van der Waals surface area contributed by atoms with Gasteiger partial charge in [0.1, 0.15) is 22.9 Å². The molecule has 15 nitrogen and oxygen atoms in total. The number of aromatic nitrogens is 4. The number of imidazole rings is 1. The highest BCUT2D eigenvalue weighted by Gasteiger charge is 2.52. The normalized spacial score (nSPS) is 21.3. The summed E-state index contributed by atoms with van der Waals surface area (Å²) >= 11 is 6.16. The van der Waals surface area contributed by atoms with Crippen molar-refractivity contribution in [3.8, 4) is 0 Å². The fourth-order valence-electron chi connectivity index (χ4n) is 3.68. The maximum Gasteiger partial charge on any atom is 0.509 e. The van der Waals surface area contributed by atoms with Crippen molar-refractivity contribution < 1.29 is 47.9 Å². The molecule has 16 heteroatoms. The van der Waals surface area contributed by atoms with E-state index in [9.17, 15) is 19.5 Å². The van der Waals surface area contributed by atoms with Crippen molar-refractivity contribution in [1.82, 2.24) is 19.5 Å². The molecule has 1 saturated heterocycles. The van der Waals surface area contributed by atoms with Gasteiger partial charge in [-0.15, -0.1) is 0 Å². The molecule has 1 aliphatic rings. The summed E-state index contributed by atoms with van der Waals surface area (Å²) < 4.78 is 34.2. The molecule has 2 aromatic heterocycles. The molecule has 2 aromatic rings. The molecular weight excluding hydrogens is 566 g/mol. The lowest BCUT2D eigenvalue weighted by molar-refractivity contribution is -0.0869. The molecule has 41 heavy (non-hydrogen) atoms. The van der Waals surface area contributed by atoms with E-state index >= 15 is 0 Å². The van der Waals surface area contributed by atoms with Crippen LogP contribution in [-0.2, 0) is 28.4 Å². The van der Waals surface area contributed by atoms with Gasteiger partial charge in [0.2, 0.25) is 5.28 Å². The topological polar surface area (TPSA) is 182 Å². The second-order valence-corrected chi connectivity index (χ2v) is 12.5. The zero-order valence-electron chi connectivity index (χ0n) is 24.4. The predicted octanol–water partition coefficient (Wildman–Crippen LogP) is 4.36. The summed E-state index contributed by atoms with van der Waals surface area (Å²) in [5, 5.41) is 12.3. The van der Waals surface area contributed by atoms with Crippen LogP contribution in [0.5, 0.6) is 0 Å². The van der Waals surface area contributed by atoms with Gasteiger partial charge in [-0.05, 0) is 73.9 Å². The van der Waals surface area contributed by atoms with E-state index in [0.29, 0.717) is 0 Å². The number of aliphatic hydroxyl groups is 1. The first kappa shape index (κ1) is 32.1. The standard InChI is InChI=1S/C25H36ClN5O10/c1-23(2,3)39-20(33)29-16-13-17(30-19(26)28-16)31(11-27-13)18-15(38-22(35)41-25(7,8)9)14(12(10-32)36-18)37-21(34)40-24(4,5)6/h11-12,14-15,18,32H,10H2,1-9H3,(H,28,29,30,33)/t12-,14-,15-,18-/m1/s1. The number of anilines is 1. The quantitative estimate of drug-likeness (QED) is 0.280. The number of carbonyl (C=O) groups is 3. The molecule has 0 spiro atoms. The maximum absolute atomic E-state index is 12.7. The number of aliphatic hydroxyl groups excluding tert-OH is 1. The third kappa shape index (κ3) is 8.78. The molecule has 2 N–H and O–H groups in total. The van der Waals surface area contributed by atoms with Crippen LogP contribution in [0.2, 0.25) is 5.28 Å². The van der Waals surface area contributed by atoms with Crippen molar-refractivity contribution in [3.05, 3.63) is 11.6 Å². The minimum absolute atomic E-state index is 0.0594. The summed E-state index contributed by atoms with van der Waals surface area (Å²) in [6.45, 7) is 14.3. The van der Waals surface area contributed by atoms with Gasteiger partial charge in [-0.2, -0.15) is 9.97 Å². The Morgan fingerprint density at radius 3 is 1.98 bits per heavy atom. The van der Waals surface area contributed by atoms with E-state index in [1.165, 1.54) is 10.9 Å². The number of fused-ring (bicyclic) bond motifs is 1. The zero-order chi connectivity index (χ0) is 30.9. The summed E-state index contributed by atoms with van der Waals surface area (Å²) in [6.07, 6.45) is -6.81. The maximum atomic E-state index is 12.7. The van der Waals surface area contributed by atoms with Gasteiger partial charge >= 0.3 is 18.4 Å². The van der Waals surface area contributed by atoms with Crippen LogP contribution in [0.15, 0.2) is 6.33 Å². The summed E-state index contributed by atoms with van der Waals surface area (Å²) in [6, 6.07) is 0. The fraction of sp³-hybridized carbons (Fsp3) is 0.680. The Balaban J connectivity index is 2.02. The lowest BCUT2D eigenvalue weighted by atomic mass is 10.1. The number of halogens is 1. The number of hydrogen-bond donors (Lipinski definition) is 2. The second kappa shape index (κ2) is 11.8. The lowest BCUT2D eigenvalue weighted by Gasteiger charge is -2.27. The third-order valence-corrected chi connectivity index (χ3v) is 5.17. The summed E-state index contributed by atoms with van der Waals surface area (Å²) in [4.78, 5) is 50.2. The Kier molecular flexibility index (Phi) is 9.25. The van der Waals surface area contributed by atoms with Crippen molar-refractivity contribution in [2.24, 2.45) is 0 Å². The Morgan fingerprint density at radius 2 is 1.46 bits per heavy atom. The summed E-state index contributed by atoms with van der Waals surface area (Å²) in [7, 11) is 0. The Hall–Kier alpha value is -3.43. The molecule has 0 unspecified atom stereocenters. The van der Waals surface area contributed by atoms with Gasteiger partial charge in [-0.25, -0.2) is 19.4 Å². The molecule has 1 aliphatic heterocycles. The fourth-order valence-corrected chi connectivity index (χ4v) is 3.85. The van der Waals surface area contributed by atoms with Gasteiger partial charge in [0, 0.05) is 0 Å². The van der Waals surface area contributed by atoms with Crippen LogP contribution in [0, 0.1) is 0 Å². The van der Waals surface area contributed by atoms with Crippen LogP contribution >= 0.6 is 11.6 Å². The first-order valence-electron chi connectivity index (χ1n) is 12.7. The molecular formula is C25H36ClN5O10. The van der Waals surface area contributed by atoms with Gasteiger partial charge in [0.05, 0.1) is 12.9 Å². The molecule has 0 radical (unpaired) electrons. The summed E-state index contributed by atoms with van der Waals surface area (Å²) in [5.74, 6) is -0.0594. The van der Waals surface area contributed by atoms with E-state index in [2.05, 4.69) is 20.3 Å². The Morgan fingerprint density at radius 1 is 0.927 bits per heavy atom. The Labute approximate surface area is 241 Å². The second-order valence-electron chi connectivity index (χ2n) is 12.1. The first-order valence-corrected chi connectivity index (χ1v) is 13.1. The monoisotopic (exact) mass is 601 g/mol. The summed E-state index contributed by atoms with van der Waals surface area (Å²) in [5.41, 5.74) is -2.43. The van der Waals surface area contributed by atoms with Crippen LogP contribution in [0.1, 0.15) is 68.5 Å². The molecule has 228 valence electrons. The minimum Gasteiger partial charge on any atom is -0.444 e.